The van der Waals surface area contributed by atoms with Crippen LogP contribution in [0.3, 0.4) is 0 Å². The highest BCUT2D eigenvalue weighted by molar-refractivity contribution is 6.31. The molecule has 0 bridgehead atoms. The van der Waals surface area contributed by atoms with Crippen LogP contribution in [0.5, 0.6) is 5.75 Å². The molecule has 0 aliphatic heterocycles. The van der Waals surface area contributed by atoms with Crippen molar-refractivity contribution in [1.29, 1.82) is 0 Å². The lowest BCUT2D eigenvalue weighted by molar-refractivity contribution is -0.128. The molecule has 0 atom stereocenters. The number of para-hydroxylation sites is 1. The van der Waals surface area contributed by atoms with Gasteiger partial charge in [0.05, 0.1) is 11.3 Å². The molecule has 7 heteroatoms. The third-order valence-corrected chi connectivity index (χ3v) is 5.06. The first-order valence-electron chi connectivity index (χ1n) is 8.94. The molecule has 1 aliphatic carbocycles. The van der Waals surface area contributed by atoms with Gasteiger partial charge in [0.2, 0.25) is 0 Å². The Morgan fingerprint density at radius 3 is 2.67 bits per heavy atom. The Morgan fingerprint density at radius 1 is 1.30 bits per heavy atom. The minimum Gasteiger partial charge on any atom is -0.423 e. The van der Waals surface area contributed by atoms with Gasteiger partial charge in [-0.15, -0.1) is 0 Å². The van der Waals surface area contributed by atoms with E-state index in [1.54, 1.807) is 44.3 Å². The monoisotopic (exact) mass is 387 g/mol. The normalized spacial score (nSPS) is 14.6. The van der Waals surface area contributed by atoms with E-state index in [1.807, 2.05) is 0 Å². The quantitative estimate of drug-likeness (QED) is 0.482. The lowest BCUT2D eigenvalue weighted by Gasteiger charge is -2.13. The van der Waals surface area contributed by atoms with Gasteiger partial charge in [-0.2, -0.15) is 5.10 Å². The molecule has 1 aromatic carbocycles. The summed E-state index contributed by atoms with van der Waals surface area (Å²) in [5.41, 5.74) is 1.72. The number of rotatable bonds is 5. The summed E-state index contributed by atoms with van der Waals surface area (Å²) in [5, 5.41) is 7.63. The van der Waals surface area contributed by atoms with Crippen LogP contribution in [0, 0.1) is 6.92 Å². The molecule has 1 heterocycles. The van der Waals surface area contributed by atoms with Crippen LogP contribution in [0.1, 0.15) is 47.3 Å². The van der Waals surface area contributed by atoms with Crippen molar-refractivity contribution in [2.45, 2.75) is 38.6 Å². The predicted molar refractivity (Wildman–Crippen MR) is 104 cm³/mol. The van der Waals surface area contributed by atoms with Crippen molar-refractivity contribution in [1.82, 2.24) is 15.1 Å². The van der Waals surface area contributed by atoms with E-state index in [0.29, 0.717) is 22.0 Å². The number of hydrogen-bond donors (Lipinski definition) is 1. The molecule has 0 unspecified atom stereocenters. The van der Waals surface area contributed by atoms with E-state index in [0.717, 1.165) is 25.7 Å². The van der Waals surface area contributed by atoms with Crippen molar-refractivity contribution < 1.29 is 14.3 Å². The Kier molecular flexibility index (Phi) is 5.96. The Bertz CT molecular complexity index is 883. The van der Waals surface area contributed by atoms with Crippen molar-refractivity contribution in [2.75, 3.05) is 0 Å². The number of ether oxygens (including phenoxy) is 1. The van der Waals surface area contributed by atoms with Crippen LogP contribution in [0.4, 0.5) is 0 Å². The zero-order chi connectivity index (χ0) is 19.4. The number of amides is 1. The lowest BCUT2D eigenvalue weighted by Crippen LogP contribution is -2.32. The molecule has 1 aliphatic rings. The number of hydrogen-bond acceptors (Lipinski definition) is 4. The van der Waals surface area contributed by atoms with Gasteiger partial charge >= 0.3 is 5.97 Å². The molecule has 142 valence electrons. The maximum atomic E-state index is 12.5. The van der Waals surface area contributed by atoms with Crippen LogP contribution in [0.25, 0.3) is 6.08 Å². The zero-order valence-corrected chi connectivity index (χ0v) is 16.1. The highest BCUT2D eigenvalue weighted by atomic mass is 35.5. The predicted octanol–water partition coefficient (Wildman–Crippen LogP) is 3.67. The summed E-state index contributed by atoms with van der Waals surface area (Å²) in [7, 11) is 1.73. The Morgan fingerprint density at radius 2 is 2.00 bits per heavy atom. The first-order valence-corrected chi connectivity index (χ1v) is 9.32. The van der Waals surface area contributed by atoms with Crippen molar-refractivity contribution in [2.24, 2.45) is 7.05 Å². The van der Waals surface area contributed by atoms with Gasteiger partial charge in [0, 0.05) is 24.7 Å². The maximum Gasteiger partial charge on any atom is 0.336 e. The fraction of sp³-hybridized carbons (Fsp3) is 0.350. The first-order chi connectivity index (χ1) is 13.0. The van der Waals surface area contributed by atoms with Gasteiger partial charge in [-0.3, -0.25) is 9.48 Å². The molecule has 0 saturated heterocycles. The highest BCUT2D eigenvalue weighted by Gasteiger charge is 2.20. The molecule has 1 fully saturated rings. The number of halogens is 1. The van der Waals surface area contributed by atoms with Crippen molar-refractivity contribution in [3.8, 4) is 5.75 Å². The van der Waals surface area contributed by atoms with Crippen LogP contribution >= 0.6 is 11.6 Å². The van der Waals surface area contributed by atoms with Crippen LogP contribution in [0.15, 0.2) is 30.3 Å². The second kappa shape index (κ2) is 8.39. The van der Waals surface area contributed by atoms with Gasteiger partial charge in [0.15, 0.2) is 0 Å². The fourth-order valence-electron chi connectivity index (χ4n) is 3.21. The second-order valence-electron chi connectivity index (χ2n) is 6.62. The molecule has 0 spiro atoms. The van der Waals surface area contributed by atoms with Gasteiger partial charge in [0.25, 0.3) is 5.91 Å². The third-order valence-electron chi connectivity index (χ3n) is 4.61. The molecule has 3 rings (SSSR count). The van der Waals surface area contributed by atoms with Crippen LogP contribution in [-0.4, -0.2) is 27.7 Å². The van der Waals surface area contributed by atoms with Crippen molar-refractivity contribution >= 4 is 29.6 Å². The summed E-state index contributed by atoms with van der Waals surface area (Å²) >= 11 is 6.15. The lowest BCUT2D eigenvalue weighted by atomic mass is 10.1. The molecule has 1 saturated carbocycles. The van der Waals surface area contributed by atoms with E-state index in [-0.39, 0.29) is 17.7 Å². The van der Waals surface area contributed by atoms with Crippen LogP contribution < -0.4 is 10.1 Å². The average Bonchev–Trinajstić information content (AvgIpc) is 3.22. The Hall–Kier alpha value is -2.60. The van der Waals surface area contributed by atoms with Gasteiger partial charge in [-0.05, 0) is 38.0 Å². The molecule has 0 radical (unpaired) electrons. The second-order valence-corrected chi connectivity index (χ2v) is 6.98. The fourth-order valence-corrected chi connectivity index (χ4v) is 3.44. The number of carbonyl (C=O) groups excluding carboxylic acids is 2. The molecule has 1 N–H and O–H groups in total. The number of benzene rings is 1. The van der Waals surface area contributed by atoms with Crippen LogP contribution in [-0.2, 0) is 11.8 Å². The van der Waals surface area contributed by atoms with E-state index < -0.39 is 5.97 Å². The largest absolute Gasteiger partial charge is 0.423 e. The van der Waals surface area contributed by atoms with Gasteiger partial charge in [0.1, 0.15) is 10.9 Å². The standard InChI is InChI=1S/C20H22ClN3O3/c1-13-15(19(21)24(2)23-13)11-12-18(25)27-17-10-6-5-9-16(17)20(26)22-14-7-3-4-8-14/h5-6,9-12,14H,3-4,7-8H2,1-2H3,(H,22,26). The molecular weight excluding hydrogens is 366 g/mol. The topological polar surface area (TPSA) is 73.2 Å². The third kappa shape index (κ3) is 4.57. The summed E-state index contributed by atoms with van der Waals surface area (Å²) in [6.45, 7) is 1.81. The van der Waals surface area contributed by atoms with E-state index in [2.05, 4.69) is 10.4 Å². The summed E-state index contributed by atoms with van der Waals surface area (Å²) in [6.07, 6.45) is 7.07. The number of nitrogens with one attached hydrogen (secondary N) is 1. The number of carbonyl (C=O) groups is 2. The zero-order valence-electron chi connectivity index (χ0n) is 15.4. The maximum absolute atomic E-state index is 12.5. The van der Waals surface area contributed by atoms with Crippen LogP contribution in [0.2, 0.25) is 5.15 Å². The number of aryl methyl sites for hydroxylation is 2. The van der Waals surface area contributed by atoms with E-state index in [1.165, 1.54) is 10.8 Å². The summed E-state index contributed by atoms with van der Waals surface area (Å²) in [6, 6.07) is 6.92. The Balaban J connectivity index is 1.70. The van der Waals surface area contributed by atoms with Gasteiger partial charge in [-0.25, -0.2) is 4.79 Å². The van der Waals surface area contributed by atoms with E-state index in [9.17, 15) is 9.59 Å². The first kappa shape index (κ1) is 19.2. The summed E-state index contributed by atoms with van der Waals surface area (Å²) < 4.78 is 6.91. The minimum absolute atomic E-state index is 0.192. The number of nitrogens with zero attached hydrogens (tertiary/aromatic N) is 2. The molecule has 27 heavy (non-hydrogen) atoms. The summed E-state index contributed by atoms with van der Waals surface area (Å²) in [5.74, 6) is -0.576. The van der Waals surface area contributed by atoms with Gasteiger partial charge in [-0.1, -0.05) is 36.6 Å². The smallest absolute Gasteiger partial charge is 0.336 e. The molecule has 2 aromatic rings. The number of aromatic nitrogens is 2. The molecule has 1 aromatic heterocycles. The Labute approximate surface area is 163 Å². The molecular formula is C20H22ClN3O3. The number of esters is 1. The van der Waals surface area contributed by atoms with E-state index in [4.69, 9.17) is 16.3 Å². The molecule has 6 nitrogen and oxygen atoms in total. The average molecular weight is 388 g/mol. The van der Waals surface area contributed by atoms with Crippen molar-refractivity contribution in [3.05, 3.63) is 52.3 Å². The SMILES string of the molecule is Cc1nn(C)c(Cl)c1C=CC(=O)Oc1ccccc1C(=O)NC1CCCC1. The van der Waals surface area contributed by atoms with Crippen molar-refractivity contribution in [3.63, 3.8) is 0 Å². The van der Waals surface area contributed by atoms with Gasteiger partial charge < -0.3 is 10.1 Å². The highest BCUT2D eigenvalue weighted by Crippen LogP contribution is 2.23. The summed E-state index contributed by atoms with van der Waals surface area (Å²) in [4.78, 5) is 24.7. The van der Waals surface area contributed by atoms with E-state index >= 15 is 0 Å². The molecule has 1 amide bonds. The minimum atomic E-state index is -0.588.